The third-order valence-electron chi connectivity index (χ3n) is 1.72. The molecule has 0 aliphatic rings. The number of aliphatic hydroxyl groups is 1. The molecule has 1 rings (SSSR count). The standard InChI is InChI=1S/C9H12N2OS/c1-9(11,6-12)3-8-2-7(4-10)5-13-8/h2,5,12H,3,6,11H2,1H3. The molecule has 1 heterocycles. The van der Waals surface area contributed by atoms with Gasteiger partial charge in [-0.05, 0) is 13.0 Å². The van der Waals surface area contributed by atoms with Gasteiger partial charge in [0, 0.05) is 22.2 Å². The van der Waals surface area contributed by atoms with Crippen molar-refractivity contribution >= 4 is 11.3 Å². The second-order valence-electron chi connectivity index (χ2n) is 3.40. The van der Waals surface area contributed by atoms with Crippen LogP contribution in [0, 0.1) is 11.3 Å². The summed E-state index contributed by atoms with van der Waals surface area (Å²) in [6.45, 7) is 1.74. The topological polar surface area (TPSA) is 70.0 Å². The predicted octanol–water partition coefficient (Wildman–Crippen LogP) is 0.872. The van der Waals surface area contributed by atoms with Crippen molar-refractivity contribution in [2.45, 2.75) is 18.9 Å². The van der Waals surface area contributed by atoms with E-state index in [2.05, 4.69) is 6.07 Å². The number of nitrogens with two attached hydrogens (primary N) is 1. The Hall–Kier alpha value is -0.890. The maximum Gasteiger partial charge on any atom is 0.100 e. The highest BCUT2D eigenvalue weighted by Gasteiger charge is 2.18. The lowest BCUT2D eigenvalue weighted by atomic mass is 9.99. The van der Waals surface area contributed by atoms with E-state index in [1.807, 2.05) is 6.07 Å². The average molecular weight is 196 g/mol. The maximum absolute atomic E-state index is 8.93. The predicted molar refractivity (Wildman–Crippen MR) is 52.4 cm³/mol. The fraction of sp³-hybridized carbons (Fsp3) is 0.444. The second kappa shape index (κ2) is 3.88. The summed E-state index contributed by atoms with van der Waals surface area (Å²) < 4.78 is 0. The molecular weight excluding hydrogens is 184 g/mol. The highest BCUT2D eigenvalue weighted by Crippen LogP contribution is 2.18. The van der Waals surface area contributed by atoms with Gasteiger partial charge in [0.2, 0.25) is 0 Å². The zero-order chi connectivity index (χ0) is 9.90. The average Bonchev–Trinajstić information content (AvgIpc) is 2.52. The summed E-state index contributed by atoms with van der Waals surface area (Å²) in [6, 6.07) is 3.87. The van der Waals surface area contributed by atoms with Crippen molar-refractivity contribution in [1.29, 1.82) is 5.26 Å². The van der Waals surface area contributed by atoms with E-state index in [4.69, 9.17) is 16.1 Å². The third-order valence-corrected chi connectivity index (χ3v) is 2.66. The smallest absolute Gasteiger partial charge is 0.100 e. The van der Waals surface area contributed by atoms with E-state index < -0.39 is 5.54 Å². The van der Waals surface area contributed by atoms with Crippen LogP contribution in [0.25, 0.3) is 0 Å². The first kappa shape index (κ1) is 10.2. The summed E-state index contributed by atoms with van der Waals surface area (Å²) in [4.78, 5) is 1.04. The maximum atomic E-state index is 8.93. The van der Waals surface area contributed by atoms with E-state index in [1.165, 1.54) is 11.3 Å². The molecule has 1 atom stereocenters. The number of hydrogen-bond donors (Lipinski definition) is 2. The van der Waals surface area contributed by atoms with Gasteiger partial charge in [-0.25, -0.2) is 0 Å². The first-order chi connectivity index (χ1) is 6.07. The molecule has 1 aromatic rings. The molecule has 0 aromatic carbocycles. The molecule has 0 radical (unpaired) electrons. The van der Waals surface area contributed by atoms with Crippen LogP contribution >= 0.6 is 11.3 Å². The minimum Gasteiger partial charge on any atom is -0.394 e. The SMILES string of the molecule is CC(N)(CO)Cc1cc(C#N)cs1. The van der Waals surface area contributed by atoms with Crippen LogP contribution in [0.15, 0.2) is 11.4 Å². The largest absolute Gasteiger partial charge is 0.394 e. The van der Waals surface area contributed by atoms with Crippen molar-refractivity contribution in [2.75, 3.05) is 6.61 Å². The first-order valence-corrected chi connectivity index (χ1v) is 4.82. The lowest BCUT2D eigenvalue weighted by molar-refractivity contribution is 0.209. The van der Waals surface area contributed by atoms with E-state index >= 15 is 0 Å². The minimum atomic E-state index is -0.586. The number of rotatable bonds is 3. The van der Waals surface area contributed by atoms with Crippen LogP contribution < -0.4 is 5.73 Å². The van der Waals surface area contributed by atoms with Gasteiger partial charge in [-0.15, -0.1) is 11.3 Å². The molecule has 1 unspecified atom stereocenters. The summed E-state index contributed by atoms with van der Waals surface area (Å²) in [5.41, 5.74) is 5.85. The quantitative estimate of drug-likeness (QED) is 0.753. The van der Waals surface area contributed by atoms with Crippen LogP contribution in [0.2, 0.25) is 0 Å². The molecule has 0 spiro atoms. The van der Waals surface area contributed by atoms with Crippen molar-refractivity contribution in [1.82, 2.24) is 0 Å². The number of thiophene rings is 1. The van der Waals surface area contributed by atoms with Gasteiger partial charge in [0.1, 0.15) is 6.07 Å². The Morgan fingerprint density at radius 3 is 2.92 bits per heavy atom. The van der Waals surface area contributed by atoms with Gasteiger partial charge in [-0.1, -0.05) is 0 Å². The molecule has 0 saturated heterocycles. The Morgan fingerprint density at radius 1 is 1.77 bits per heavy atom. The Kier molecular flexibility index (Phi) is 3.04. The second-order valence-corrected chi connectivity index (χ2v) is 4.40. The molecule has 3 nitrogen and oxygen atoms in total. The fourth-order valence-corrected chi connectivity index (χ4v) is 1.99. The summed E-state index contributed by atoms with van der Waals surface area (Å²) in [5, 5.41) is 19.3. The van der Waals surface area contributed by atoms with Crippen LogP contribution in [0.1, 0.15) is 17.4 Å². The number of nitriles is 1. The fourth-order valence-electron chi connectivity index (χ4n) is 0.986. The van der Waals surface area contributed by atoms with E-state index in [9.17, 15) is 0 Å². The molecule has 0 amide bonds. The molecule has 1 aromatic heterocycles. The lowest BCUT2D eigenvalue weighted by Gasteiger charge is -2.20. The summed E-state index contributed by atoms with van der Waals surface area (Å²) in [7, 11) is 0. The Labute approximate surface area is 81.4 Å². The molecule has 0 bridgehead atoms. The zero-order valence-electron chi connectivity index (χ0n) is 7.45. The Bertz CT molecular complexity index is 325. The van der Waals surface area contributed by atoms with Crippen LogP contribution in [-0.4, -0.2) is 17.3 Å². The molecule has 4 heteroatoms. The van der Waals surface area contributed by atoms with Crippen LogP contribution in [0.3, 0.4) is 0 Å². The number of nitrogens with zero attached hydrogens (tertiary/aromatic N) is 1. The van der Waals surface area contributed by atoms with E-state index in [0.29, 0.717) is 12.0 Å². The third kappa shape index (κ3) is 2.81. The molecule has 0 saturated carbocycles. The highest BCUT2D eigenvalue weighted by atomic mass is 32.1. The van der Waals surface area contributed by atoms with Crippen molar-refractivity contribution in [3.8, 4) is 6.07 Å². The molecule has 3 N–H and O–H groups in total. The molecule has 70 valence electrons. The molecule has 0 aliphatic carbocycles. The van der Waals surface area contributed by atoms with Crippen LogP contribution in [0.4, 0.5) is 0 Å². The van der Waals surface area contributed by atoms with E-state index in [0.717, 1.165) is 4.88 Å². The van der Waals surface area contributed by atoms with Gasteiger partial charge in [-0.2, -0.15) is 5.26 Å². The molecule has 13 heavy (non-hydrogen) atoms. The molecule has 0 aliphatic heterocycles. The normalized spacial score (nSPS) is 14.9. The van der Waals surface area contributed by atoms with Gasteiger partial charge < -0.3 is 10.8 Å². The number of hydrogen-bond acceptors (Lipinski definition) is 4. The Balaban J connectivity index is 2.70. The zero-order valence-corrected chi connectivity index (χ0v) is 8.27. The van der Waals surface area contributed by atoms with Crippen molar-refractivity contribution < 1.29 is 5.11 Å². The number of aliphatic hydroxyl groups excluding tert-OH is 1. The van der Waals surface area contributed by atoms with Gasteiger partial charge in [0.25, 0.3) is 0 Å². The lowest BCUT2D eigenvalue weighted by Crippen LogP contribution is -2.42. The summed E-state index contributed by atoms with van der Waals surface area (Å²) in [5.74, 6) is 0. The van der Waals surface area contributed by atoms with Crippen molar-refractivity contribution in [2.24, 2.45) is 5.73 Å². The van der Waals surface area contributed by atoms with Gasteiger partial charge in [0.05, 0.1) is 12.2 Å². The van der Waals surface area contributed by atoms with Crippen LogP contribution in [0.5, 0.6) is 0 Å². The van der Waals surface area contributed by atoms with Gasteiger partial charge >= 0.3 is 0 Å². The minimum absolute atomic E-state index is 0.0488. The van der Waals surface area contributed by atoms with E-state index in [1.54, 1.807) is 12.3 Å². The van der Waals surface area contributed by atoms with Gasteiger partial charge in [0.15, 0.2) is 0 Å². The van der Waals surface area contributed by atoms with E-state index in [-0.39, 0.29) is 6.61 Å². The first-order valence-electron chi connectivity index (χ1n) is 3.95. The monoisotopic (exact) mass is 196 g/mol. The highest BCUT2D eigenvalue weighted by molar-refractivity contribution is 7.10. The Morgan fingerprint density at radius 2 is 2.46 bits per heavy atom. The molecular formula is C9H12N2OS. The van der Waals surface area contributed by atoms with Crippen molar-refractivity contribution in [3.05, 3.63) is 21.9 Å². The molecule has 0 fully saturated rings. The van der Waals surface area contributed by atoms with Crippen LogP contribution in [-0.2, 0) is 6.42 Å². The van der Waals surface area contributed by atoms with Gasteiger partial charge in [-0.3, -0.25) is 0 Å². The van der Waals surface area contributed by atoms with Crippen molar-refractivity contribution in [3.63, 3.8) is 0 Å². The summed E-state index contributed by atoms with van der Waals surface area (Å²) >= 11 is 1.50. The summed E-state index contributed by atoms with van der Waals surface area (Å²) in [6.07, 6.45) is 0.607.